The minimum atomic E-state index is -4.44. The number of benzene rings is 1. The van der Waals surface area contributed by atoms with Gasteiger partial charge in [-0.25, -0.2) is 4.79 Å². The smallest absolute Gasteiger partial charge is 0.332 e. The van der Waals surface area contributed by atoms with Gasteiger partial charge in [0.25, 0.3) is 0 Å². The Morgan fingerprint density at radius 3 is 2.64 bits per heavy atom. The molecular weight excluding hydrogens is 297 g/mol. The lowest BCUT2D eigenvalue weighted by molar-refractivity contribution is -0.137. The summed E-state index contributed by atoms with van der Waals surface area (Å²) in [7, 11) is 1.78. The zero-order valence-corrected chi connectivity index (χ0v) is 12.0. The van der Waals surface area contributed by atoms with E-state index in [1.54, 1.807) is 11.7 Å². The Kier molecular flexibility index (Phi) is 4.39. The van der Waals surface area contributed by atoms with E-state index in [0.29, 0.717) is 5.69 Å². The van der Waals surface area contributed by atoms with Crippen LogP contribution in [0.2, 0.25) is 0 Å². The molecule has 5 nitrogen and oxygen atoms in total. The number of nitrogens with zero attached hydrogens (tertiary/aromatic N) is 2. The summed E-state index contributed by atoms with van der Waals surface area (Å²) >= 11 is 0. The number of carbonyl (C=O) groups excluding carboxylic acids is 1. The standard InChI is InChI=1S/C14H15F3N4O/c1-9-6-12(20-21(9)2)8-18-13(22)19-11-5-3-4-10(7-11)14(15,16)17/h3-7H,8H2,1-2H3,(H2,18,19,22). The number of hydrogen-bond donors (Lipinski definition) is 2. The van der Waals surface area contributed by atoms with Crippen molar-refractivity contribution in [2.45, 2.75) is 19.6 Å². The summed E-state index contributed by atoms with van der Waals surface area (Å²) in [4.78, 5) is 11.7. The average Bonchev–Trinajstić information content (AvgIpc) is 2.75. The van der Waals surface area contributed by atoms with E-state index in [0.717, 1.165) is 17.8 Å². The number of carbonyl (C=O) groups is 1. The van der Waals surface area contributed by atoms with Crippen molar-refractivity contribution in [1.29, 1.82) is 0 Å². The van der Waals surface area contributed by atoms with E-state index in [4.69, 9.17) is 0 Å². The molecular formula is C14H15F3N4O. The minimum absolute atomic E-state index is 0.0736. The summed E-state index contributed by atoms with van der Waals surface area (Å²) < 4.78 is 39.4. The van der Waals surface area contributed by atoms with Crippen LogP contribution in [0.5, 0.6) is 0 Å². The molecule has 0 aliphatic heterocycles. The second-order valence-electron chi connectivity index (χ2n) is 4.79. The zero-order valence-electron chi connectivity index (χ0n) is 12.0. The van der Waals surface area contributed by atoms with Crippen LogP contribution >= 0.6 is 0 Å². The molecule has 0 aliphatic carbocycles. The topological polar surface area (TPSA) is 59.0 Å². The highest BCUT2D eigenvalue weighted by molar-refractivity contribution is 5.89. The first-order valence-corrected chi connectivity index (χ1v) is 6.47. The van der Waals surface area contributed by atoms with E-state index >= 15 is 0 Å². The molecule has 0 fully saturated rings. The Labute approximate surface area is 125 Å². The number of hydrogen-bond acceptors (Lipinski definition) is 2. The number of anilines is 1. The number of rotatable bonds is 3. The van der Waals surface area contributed by atoms with Gasteiger partial charge in [-0.15, -0.1) is 0 Å². The van der Waals surface area contributed by atoms with Gasteiger partial charge in [0.05, 0.1) is 17.8 Å². The van der Waals surface area contributed by atoms with Crippen LogP contribution in [0.1, 0.15) is 17.0 Å². The molecule has 8 heteroatoms. The molecule has 1 aromatic carbocycles. The Morgan fingerprint density at radius 1 is 1.32 bits per heavy atom. The van der Waals surface area contributed by atoms with Crippen molar-refractivity contribution in [2.24, 2.45) is 7.05 Å². The van der Waals surface area contributed by atoms with E-state index in [1.807, 2.05) is 13.0 Å². The number of nitrogens with one attached hydrogen (secondary N) is 2. The third-order valence-electron chi connectivity index (χ3n) is 3.04. The van der Waals surface area contributed by atoms with E-state index in [2.05, 4.69) is 15.7 Å². The summed E-state index contributed by atoms with van der Waals surface area (Å²) in [5.74, 6) is 0. The van der Waals surface area contributed by atoms with Crippen molar-refractivity contribution >= 4 is 11.7 Å². The maximum absolute atomic E-state index is 12.6. The van der Waals surface area contributed by atoms with Gasteiger partial charge in [-0.1, -0.05) is 6.07 Å². The lowest BCUT2D eigenvalue weighted by Crippen LogP contribution is -2.28. The normalized spacial score (nSPS) is 11.3. The van der Waals surface area contributed by atoms with Crippen molar-refractivity contribution in [1.82, 2.24) is 15.1 Å². The Morgan fingerprint density at radius 2 is 2.05 bits per heavy atom. The number of aryl methyl sites for hydroxylation is 2. The highest BCUT2D eigenvalue weighted by Gasteiger charge is 2.30. The lowest BCUT2D eigenvalue weighted by Gasteiger charge is -2.10. The molecule has 2 aromatic rings. The van der Waals surface area contributed by atoms with Gasteiger partial charge in [0.2, 0.25) is 0 Å². The maximum atomic E-state index is 12.6. The van der Waals surface area contributed by atoms with Crippen LogP contribution in [-0.4, -0.2) is 15.8 Å². The summed E-state index contributed by atoms with van der Waals surface area (Å²) in [5, 5.41) is 9.06. The SMILES string of the molecule is Cc1cc(CNC(=O)Nc2cccc(C(F)(F)F)c2)nn1C. The first-order chi connectivity index (χ1) is 10.3. The van der Waals surface area contributed by atoms with Crippen molar-refractivity contribution in [3.05, 3.63) is 47.3 Å². The fourth-order valence-corrected chi connectivity index (χ4v) is 1.84. The summed E-state index contributed by atoms with van der Waals surface area (Å²) in [6.07, 6.45) is -4.44. The number of amides is 2. The Bertz CT molecular complexity index is 659. The molecule has 1 heterocycles. The van der Waals surface area contributed by atoms with Gasteiger partial charge in [-0.2, -0.15) is 18.3 Å². The summed E-state index contributed by atoms with van der Waals surface area (Å²) in [6.45, 7) is 2.06. The molecule has 0 radical (unpaired) electrons. The van der Waals surface area contributed by atoms with Crippen LogP contribution in [0.4, 0.5) is 23.7 Å². The third-order valence-corrected chi connectivity index (χ3v) is 3.04. The molecule has 0 saturated heterocycles. The van der Waals surface area contributed by atoms with Crippen molar-refractivity contribution in [2.75, 3.05) is 5.32 Å². The second-order valence-corrected chi connectivity index (χ2v) is 4.79. The molecule has 0 atom stereocenters. The van der Waals surface area contributed by atoms with Crippen LogP contribution in [0.25, 0.3) is 0 Å². The first-order valence-electron chi connectivity index (χ1n) is 6.47. The van der Waals surface area contributed by atoms with E-state index in [-0.39, 0.29) is 12.2 Å². The summed E-state index contributed by atoms with van der Waals surface area (Å²) in [6, 6.07) is 5.66. The molecule has 0 spiro atoms. The molecule has 0 bridgehead atoms. The van der Waals surface area contributed by atoms with Gasteiger partial charge < -0.3 is 10.6 Å². The van der Waals surface area contributed by atoms with Crippen LogP contribution in [0, 0.1) is 6.92 Å². The molecule has 0 saturated carbocycles. The molecule has 2 amide bonds. The minimum Gasteiger partial charge on any atom is -0.332 e. The van der Waals surface area contributed by atoms with E-state index < -0.39 is 17.8 Å². The maximum Gasteiger partial charge on any atom is 0.416 e. The van der Waals surface area contributed by atoms with Crippen LogP contribution < -0.4 is 10.6 Å². The molecule has 1 aromatic heterocycles. The monoisotopic (exact) mass is 312 g/mol. The first kappa shape index (κ1) is 15.9. The molecule has 22 heavy (non-hydrogen) atoms. The largest absolute Gasteiger partial charge is 0.416 e. The highest BCUT2D eigenvalue weighted by atomic mass is 19.4. The number of halogens is 3. The van der Waals surface area contributed by atoms with Crippen molar-refractivity contribution in [3.63, 3.8) is 0 Å². The number of alkyl halides is 3. The third kappa shape index (κ3) is 4.00. The molecule has 2 rings (SSSR count). The molecule has 0 aliphatic rings. The average molecular weight is 312 g/mol. The van der Waals surface area contributed by atoms with E-state index in [1.165, 1.54) is 12.1 Å². The van der Waals surface area contributed by atoms with Crippen molar-refractivity contribution < 1.29 is 18.0 Å². The predicted molar refractivity (Wildman–Crippen MR) is 75.2 cm³/mol. The van der Waals surface area contributed by atoms with Crippen LogP contribution in [-0.2, 0) is 19.8 Å². The van der Waals surface area contributed by atoms with Crippen LogP contribution in [0.15, 0.2) is 30.3 Å². The Hall–Kier alpha value is -2.51. The quantitative estimate of drug-likeness (QED) is 0.915. The van der Waals surface area contributed by atoms with Gasteiger partial charge in [0.15, 0.2) is 0 Å². The predicted octanol–water partition coefficient (Wildman–Crippen LogP) is 3.07. The molecule has 0 unspecified atom stereocenters. The van der Waals surface area contributed by atoms with Gasteiger partial charge in [-0.3, -0.25) is 4.68 Å². The van der Waals surface area contributed by atoms with E-state index in [9.17, 15) is 18.0 Å². The number of aromatic nitrogens is 2. The summed E-state index contributed by atoms with van der Waals surface area (Å²) in [5.41, 5.74) is 0.865. The lowest BCUT2D eigenvalue weighted by atomic mass is 10.2. The van der Waals surface area contributed by atoms with Crippen LogP contribution in [0.3, 0.4) is 0 Å². The van der Waals surface area contributed by atoms with Gasteiger partial charge in [0, 0.05) is 18.4 Å². The van der Waals surface area contributed by atoms with Gasteiger partial charge >= 0.3 is 12.2 Å². The number of urea groups is 1. The van der Waals surface area contributed by atoms with Gasteiger partial charge in [-0.05, 0) is 31.2 Å². The Balaban J connectivity index is 1.94. The highest BCUT2D eigenvalue weighted by Crippen LogP contribution is 2.30. The fourth-order valence-electron chi connectivity index (χ4n) is 1.84. The molecule has 118 valence electrons. The molecule has 2 N–H and O–H groups in total. The van der Waals surface area contributed by atoms with Crippen molar-refractivity contribution in [3.8, 4) is 0 Å². The second kappa shape index (κ2) is 6.08. The fraction of sp³-hybridized carbons (Fsp3) is 0.286. The van der Waals surface area contributed by atoms with Gasteiger partial charge in [0.1, 0.15) is 0 Å². The zero-order chi connectivity index (χ0) is 16.3.